The minimum Gasteiger partial charge on any atom is -0.348 e. The molecule has 0 unspecified atom stereocenters. The summed E-state index contributed by atoms with van der Waals surface area (Å²) in [7, 11) is 1.76. The molecule has 0 fully saturated rings. The van der Waals surface area contributed by atoms with E-state index in [2.05, 4.69) is 10.6 Å². The molecular weight excluding hydrogens is 354 g/mol. The van der Waals surface area contributed by atoms with Crippen LogP contribution in [0.4, 0.5) is 5.69 Å². The lowest BCUT2D eigenvalue weighted by molar-refractivity contribution is -0.123. The van der Waals surface area contributed by atoms with Crippen LogP contribution in [0.2, 0.25) is 0 Å². The standard InChI is InChI=1S/C18H23N3O2S2/c1-13(15-9-6-10-25-15)19-17(22)11-21(2)12-18(23)20-14-7-4-5-8-16(14)24-3/h4-10,13H,11-12H2,1-3H3,(H,19,22)(H,20,23)/t13-/m0/s1. The molecule has 2 rings (SSSR count). The Morgan fingerprint density at radius 1 is 1.16 bits per heavy atom. The number of nitrogens with one attached hydrogen (secondary N) is 2. The second-order valence-corrected chi connectivity index (χ2v) is 7.55. The van der Waals surface area contributed by atoms with Gasteiger partial charge >= 0.3 is 0 Å². The number of rotatable bonds is 8. The van der Waals surface area contributed by atoms with Crippen molar-refractivity contribution in [2.24, 2.45) is 0 Å². The number of hydrogen-bond donors (Lipinski definition) is 2. The zero-order valence-electron chi connectivity index (χ0n) is 14.6. The van der Waals surface area contributed by atoms with Crippen molar-refractivity contribution >= 4 is 40.6 Å². The Bertz CT molecular complexity index is 704. The van der Waals surface area contributed by atoms with Gasteiger partial charge in [0, 0.05) is 9.77 Å². The first-order chi connectivity index (χ1) is 12.0. The van der Waals surface area contributed by atoms with Crippen LogP contribution in [0.15, 0.2) is 46.7 Å². The summed E-state index contributed by atoms with van der Waals surface area (Å²) in [5.74, 6) is -0.233. The van der Waals surface area contributed by atoms with Crippen molar-refractivity contribution in [2.45, 2.75) is 17.9 Å². The molecule has 0 saturated heterocycles. The summed E-state index contributed by atoms with van der Waals surface area (Å²) in [5, 5.41) is 7.83. The molecule has 0 radical (unpaired) electrons. The molecule has 0 aliphatic rings. The van der Waals surface area contributed by atoms with Gasteiger partial charge in [0.05, 0.1) is 24.8 Å². The van der Waals surface area contributed by atoms with Gasteiger partial charge in [-0.2, -0.15) is 0 Å². The molecule has 7 heteroatoms. The van der Waals surface area contributed by atoms with E-state index < -0.39 is 0 Å². The number of amides is 2. The third kappa shape index (κ3) is 6.19. The molecular formula is C18H23N3O2S2. The number of para-hydroxylation sites is 1. The number of likely N-dealkylation sites (N-methyl/N-ethyl adjacent to an activating group) is 1. The van der Waals surface area contributed by atoms with E-state index in [1.165, 1.54) is 0 Å². The van der Waals surface area contributed by atoms with Crippen molar-refractivity contribution in [3.63, 3.8) is 0 Å². The van der Waals surface area contributed by atoms with Crippen molar-refractivity contribution in [2.75, 3.05) is 31.7 Å². The first-order valence-electron chi connectivity index (χ1n) is 7.93. The zero-order chi connectivity index (χ0) is 18.2. The molecule has 0 spiro atoms. The summed E-state index contributed by atoms with van der Waals surface area (Å²) in [6, 6.07) is 11.6. The van der Waals surface area contributed by atoms with Gasteiger partial charge in [-0.15, -0.1) is 23.1 Å². The molecule has 5 nitrogen and oxygen atoms in total. The molecule has 134 valence electrons. The average molecular weight is 378 g/mol. The molecule has 0 aliphatic heterocycles. The van der Waals surface area contributed by atoms with E-state index in [9.17, 15) is 9.59 Å². The van der Waals surface area contributed by atoms with Crippen LogP contribution in [0.1, 0.15) is 17.8 Å². The molecule has 1 heterocycles. The number of hydrogen-bond acceptors (Lipinski definition) is 5. The van der Waals surface area contributed by atoms with Crippen molar-refractivity contribution in [3.05, 3.63) is 46.7 Å². The molecule has 0 aliphatic carbocycles. The second-order valence-electron chi connectivity index (χ2n) is 5.73. The molecule has 2 amide bonds. The number of thioether (sulfide) groups is 1. The molecule has 2 N–H and O–H groups in total. The molecule has 2 aromatic rings. The fourth-order valence-electron chi connectivity index (χ4n) is 2.38. The van der Waals surface area contributed by atoms with E-state index >= 15 is 0 Å². The van der Waals surface area contributed by atoms with Crippen LogP contribution in [0, 0.1) is 0 Å². The highest BCUT2D eigenvalue weighted by atomic mass is 32.2. The Labute approximate surface area is 156 Å². The number of anilines is 1. The van der Waals surface area contributed by atoms with E-state index in [1.807, 2.05) is 55.0 Å². The Morgan fingerprint density at radius 3 is 2.56 bits per heavy atom. The predicted octanol–water partition coefficient (Wildman–Crippen LogP) is 3.22. The Hall–Kier alpha value is -1.83. The summed E-state index contributed by atoms with van der Waals surface area (Å²) >= 11 is 3.19. The monoisotopic (exact) mass is 377 g/mol. The SMILES string of the molecule is CSc1ccccc1NC(=O)CN(C)CC(=O)N[C@@H](C)c1cccs1. The van der Waals surface area contributed by atoms with Gasteiger partial charge in [-0.3, -0.25) is 14.5 Å². The fraction of sp³-hybridized carbons (Fsp3) is 0.333. The molecule has 1 aromatic carbocycles. The van der Waals surface area contributed by atoms with E-state index in [0.717, 1.165) is 15.5 Å². The minimum absolute atomic E-state index is 0.0248. The van der Waals surface area contributed by atoms with E-state index in [1.54, 1.807) is 35.0 Å². The van der Waals surface area contributed by atoms with Crippen molar-refractivity contribution in [1.82, 2.24) is 10.2 Å². The largest absolute Gasteiger partial charge is 0.348 e. The molecule has 1 aromatic heterocycles. The highest BCUT2D eigenvalue weighted by Gasteiger charge is 2.14. The third-order valence-corrected chi connectivity index (χ3v) is 5.41. The number of nitrogens with zero attached hydrogens (tertiary/aromatic N) is 1. The summed E-state index contributed by atoms with van der Waals surface area (Å²) in [6.07, 6.45) is 1.97. The van der Waals surface area contributed by atoms with Crippen LogP contribution in [-0.2, 0) is 9.59 Å². The van der Waals surface area contributed by atoms with Crippen LogP contribution in [0.25, 0.3) is 0 Å². The molecule has 0 bridgehead atoms. The van der Waals surface area contributed by atoms with E-state index in [4.69, 9.17) is 0 Å². The Balaban J connectivity index is 1.79. The van der Waals surface area contributed by atoms with Crippen LogP contribution in [-0.4, -0.2) is 43.1 Å². The van der Waals surface area contributed by atoms with Gasteiger partial charge in [0.1, 0.15) is 0 Å². The maximum atomic E-state index is 12.2. The lowest BCUT2D eigenvalue weighted by Gasteiger charge is -2.18. The van der Waals surface area contributed by atoms with Crippen molar-refractivity contribution < 1.29 is 9.59 Å². The molecule has 1 atom stereocenters. The molecule has 0 saturated carbocycles. The topological polar surface area (TPSA) is 61.4 Å². The van der Waals surface area contributed by atoms with Crippen molar-refractivity contribution in [3.8, 4) is 0 Å². The first kappa shape index (κ1) is 19.5. The third-order valence-electron chi connectivity index (χ3n) is 3.56. The second kappa shape index (κ2) is 9.60. The van der Waals surface area contributed by atoms with Gasteiger partial charge in [0.25, 0.3) is 0 Å². The molecule has 25 heavy (non-hydrogen) atoms. The smallest absolute Gasteiger partial charge is 0.238 e. The minimum atomic E-state index is -0.136. The number of carbonyl (C=O) groups excluding carboxylic acids is 2. The van der Waals surface area contributed by atoms with Crippen LogP contribution in [0.5, 0.6) is 0 Å². The van der Waals surface area contributed by atoms with E-state index in [0.29, 0.717) is 0 Å². The lowest BCUT2D eigenvalue weighted by atomic mass is 10.2. The van der Waals surface area contributed by atoms with Gasteiger partial charge in [-0.25, -0.2) is 0 Å². The predicted molar refractivity (Wildman–Crippen MR) is 105 cm³/mol. The summed E-state index contributed by atoms with van der Waals surface area (Å²) in [5.41, 5.74) is 0.796. The summed E-state index contributed by atoms with van der Waals surface area (Å²) < 4.78 is 0. The number of benzene rings is 1. The maximum Gasteiger partial charge on any atom is 0.238 e. The van der Waals surface area contributed by atoms with Gasteiger partial charge in [-0.05, 0) is 43.8 Å². The maximum absolute atomic E-state index is 12.2. The van der Waals surface area contributed by atoms with Gasteiger partial charge < -0.3 is 10.6 Å². The van der Waals surface area contributed by atoms with Gasteiger partial charge in [0.15, 0.2) is 0 Å². The lowest BCUT2D eigenvalue weighted by Crippen LogP contribution is -2.39. The summed E-state index contributed by atoms with van der Waals surface area (Å²) in [6.45, 7) is 2.28. The number of thiophene rings is 1. The highest BCUT2D eigenvalue weighted by molar-refractivity contribution is 7.98. The Kier molecular flexibility index (Phi) is 7.49. The number of carbonyl (C=O) groups is 2. The van der Waals surface area contributed by atoms with Crippen LogP contribution < -0.4 is 10.6 Å². The van der Waals surface area contributed by atoms with Gasteiger partial charge in [-0.1, -0.05) is 18.2 Å². The normalized spacial score (nSPS) is 12.0. The summed E-state index contributed by atoms with van der Waals surface area (Å²) in [4.78, 5) is 28.1. The van der Waals surface area contributed by atoms with Crippen LogP contribution >= 0.6 is 23.1 Å². The Morgan fingerprint density at radius 2 is 1.88 bits per heavy atom. The highest BCUT2D eigenvalue weighted by Crippen LogP contribution is 2.24. The zero-order valence-corrected chi connectivity index (χ0v) is 16.2. The fourth-order valence-corrected chi connectivity index (χ4v) is 3.67. The average Bonchev–Trinajstić information content (AvgIpc) is 3.09. The van der Waals surface area contributed by atoms with Gasteiger partial charge in [0.2, 0.25) is 11.8 Å². The first-order valence-corrected chi connectivity index (χ1v) is 10.0. The van der Waals surface area contributed by atoms with Crippen LogP contribution in [0.3, 0.4) is 0 Å². The van der Waals surface area contributed by atoms with E-state index in [-0.39, 0.29) is 30.9 Å². The van der Waals surface area contributed by atoms with Crippen molar-refractivity contribution in [1.29, 1.82) is 0 Å². The quantitative estimate of drug-likeness (QED) is 0.694.